The van der Waals surface area contributed by atoms with E-state index in [2.05, 4.69) is 10.6 Å². The van der Waals surface area contributed by atoms with Crippen molar-refractivity contribution in [3.05, 3.63) is 89.0 Å². The largest absolute Gasteiger partial charge is 0.407 e. The summed E-state index contributed by atoms with van der Waals surface area (Å²) in [7, 11) is -3.42. The first-order valence-corrected chi connectivity index (χ1v) is 14.8. The van der Waals surface area contributed by atoms with Crippen LogP contribution >= 0.6 is 0 Å². The van der Waals surface area contributed by atoms with E-state index in [0.717, 1.165) is 18.4 Å². The van der Waals surface area contributed by atoms with Crippen molar-refractivity contribution in [3.8, 4) is 23.3 Å². The maximum Gasteiger partial charge on any atom is 0.407 e. The summed E-state index contributed by atoms with van der Waals surface area (Å²) >= 11 is 0. The van der Waals surface area contributed by atoms with E-state index < -0.39 is 69.6 Å². The van der Waals surface area contributed by atoms with Gasteiger partial charge in [-0.25, -0.2) is 17.2 Å². The summed E-state index contributed by atoms with van der Waals surface area (Å²) in [5, 5.41) is 23.0. The van der Waals surface area contributed by atoms with Gasteiger partial charge >= 0.3 is 6.18 Å². The number of nitrogens with one attached hydrogen (secondary N) is 2. The minimum Gasteiger partial charge on any atom is -0.339 e. The minimum atomic E-state index is -4.84. The fourth-order valence-electron chi connectivity index (χ4n) is 4.35. The number of hydrogen-bond donors (Lipinski definition) is 2. The molecule has 0 aliphatic heterocycles. The van der Waals surface area contributed by atoms with Crippen molar-refractivity contribution in [2.75, 3.05) is 6.26 Å². The van der Waals surface area contributed by atoms with Crippen molar-refractivity contribution in [2.45, 2.75) is 49.5 Å². The van der Waals surface area contributed by atoms with E-state index in [1.165, 1.54) is 62.4 Å². The topological polar surface area (TPSA) is 123 Å². The molecule has 0 spiro atoms. The van der Waals surface area contributed by atoms with Gasteiger partial charge in [-0.05, 0) is 46.9 Å². The number of nitriles is 2. The number of alkyl halides is 3. The Morgan fingerprint density at radius 3 is 1.86 bits per heavy atom. The molecule has 0 aromatic heterocycles. The lowest BCUT2D eigenvalue weighted by Crippen LogP contribution is -2.53. The molecule has 7 nitrogen and oxygen atoms in total. The van der Waals surface area contributed by atoms with Crippen molar-refractivity contribution < 1.29 is 35.2 Å². The minimum absolute atomic E-state index is 0.0954. The molecule has 3 aromatic rings. The molecule has 43 heavy (non-hydrogen) atoms. The van der Waals surface area contributed by atoms with Crippen molar-refractivity contribution in [3.63, 3.8) is 0 Å². The number of benzene rings is 3. The summed E-state index contributed by atoms with van der Waals surface area (Å²) in [6.45, 7) is 2.99. The lowest BCUT2D eigenvalue weighted by Gasteiger charge is -2.30. The molecule has 0 fully saturated rings. The average molecular weight is 619 g/mol. The maximum absolute atomic E-state index is 14.3. The second-order valence-corrected chi connectivity index (χ2v) is 12.2. The van der Waals surface area contributed by atoms with Gasteiger partial charge in [0.1, 0.15) is 23.7 Å². The first-order chi connectivity index (χ1) is 20.0. The Labute approximate surface area is 245 Å². The molecule has 2 N–H and O–H groups in total. The van der Waals surface area contributed by atoms with E-state index in [0.29, 0.717) is 11.1 Å². The first-order valence-electron chi connectivity index (χ1n) is 12.9. The van der Waals surface area contributed by atoms with Gasteiger partial charge in [0.15, 0.2) is 9.84 Å². The van der Waals surface area contributed by atoms with Gasteiger partial charge in [-0.2, -0.15) is 23.7 Å². The molecule has 0 saturated heterocycles. The Kier molecular flexibility index (Phi) is 10.3. The van der Waals surface area contributed by atoms with E-state index >= 15 is 0 Å². The molecular weight excluding hydrogens is 591 g/mol. The highest BCUT2D eigenvalue weighted by atomic mass is 32.2. The highest BCUT2D eigenvalue weighted by molar-refractivity contribution is 7.90. The smallest absolute Gasteiger partial charge is 0.339 e. The number of sulfone groups is 1. The van der Waals surface area contributed by atoms with Crippen LogP contribution in [0.1, 0.15) is 36.6 Å². The summed E-state index contributed by atoms with van der Waals surface area (Å²) in [4.78, 5) is 13.2. The van der Waals surface area contributed by atoms with E-state index in [-0.39, 0.29) is 16.0 Å². The van der Waals surface area contributed by atoms with Crippen molar-refractivity contribution in [2.24, 2.45) is 5.92 Å². The molecule has 226 valence electrons. The van der Waals surface area contributed by atoms with Crippen LogP contribution in [0.3, 0.4) is 0 Å². The van der Waals surface area contributed by atoms with E-state index in [1.807, 2.05) is 0 Å². The average Bonchev–Trinajstić information content (AvgIpc) is 2.93. The highest BCUT2D eigenvalue weighted by Gasteiger charge is 2.43. The monoisotopic (exact) mass is 618 g/mol. The molecule has 1 unspecified atom stereocenters. The van der Waals surface area contributed by atoms with Crippen LogP contribution in [0.2, 0.25) is 0 Å². The van der Waals surface area contributed by atoms with Crippen LogP contribution in [0.5, 0.6) is 0 Å². The lowest BCUT2D eigenvalue weighted by molar-refractivity contribution is -0.161. The van der Waals surface area contributed by atoms with Crippen LogP contribution in [-0.4, -0.2) is 38.8 Å². The van der Waals surface area contributed by atoms with Crippen molar-refractivity contribution in [1.82, 2.24) is 10.6 Å². The third-order valence-corrected chi connectivity index (χ3v) is 7.76. The Morgan fingerprint density at radius 2 is 1.44 bits per heavy atom. The fraction of sp³-hybridized carbons (Fsp3) is 0.300. The molecule has 3 aromatic carbocycles. The Hall–Kier alpha value is -4.33. The Bertz CT molecular complexity index is 1640. The van der Waals surface area contributed by atoms with Crippen molar-refractivity contribution >= 4 is 15.7 Å². The van der Waals surface area contributed by atoms with Crippen LogP contribution in [0, 0.1) is 40.2 Å². The predicted molar refractivity (Wildman–Crippen MR) is 148 cm³/mol. The quantitative estimate of drug-likeness (QED) is 0.295. The fourth-order valence-corrected chi connectivity index (χ4v) is 4.98. The summed E-state index contributed by atoms with van der Waals surface area (Å²) in [6.07, 6.45) is -4.40. The van der Waals surface area contributed by atoms with Gasteiger partial charge in [0.05, 0.1) is 28.6 Å². The number of nitrogens with zero attached hydrogens (tertiary/aromatic N) is 2. The molecule has 3 atom stereocenters. The normalized spacial score (nSPS) is 13.9. The molecular formula is C30H27F5N4O3S. The lowest BCUT2D eigenvalue weighted by atomic mass is 9.96. The third-order valence-electron chi connectivity index (χ3n) is 6.63. The standard InChI is InChI=1S/C30H27F5N4O3S/c1-17(2)27(29(40)38-22(16-37)14-24-25(31)12-18(15-36)13-26(24)32)39-28(30(33,34)35)21-6-4-19(5-7-21)20-8-10-23(11-9-20)43(3,41)42/h4-13,17,22,27-28,39H,14H2,1-3H3,(H,38,40)/t22?,27-,28-/m0/s1. The Balaban J connectivity index is 1.82. The number of amides is 1. The van der Waals surface area contributed by atoms with Gasteiger partial charge in [-0.3, -0.25) is 10.1 Å². The second-order valence-electron chi connectivity index (χ2n) is 10.2. The van der Waals surface area contributed by atoms with Crippen LogP contribution in [0.25, 0.3) is 11.1 Å². The number of halogens is 5. The number of carbonyl (C=O) groups is 1. The van der Waals surface area contributed by atoms with Crippen LogP contribution in [0.4, 0.5) is 22.0 Å². The molecule has 0 saturated carbocycles. The van der Waals surface area contributed by atoms with E-state index in [9.17, 15) is 40.4 Å². The highest BCUT2D eigenvalue weighted by Crippen LogP contribution is 2.35. The molecule has 0 bridgehead atoms. The maximum atomic E-state index is 14.3. The molecule has 0 heterocycles. The van der Waals surface area contributed by atoms with Gasteiger partial charge in [0.25, 0.3) is 0 Å². The van der Waals surface area contributed by atoms with Gasteiger partial charge in [-0.1, -0.05) is 50.2 Å². The third kappa shape index (κ3) is 8.37. The predicted octanol–water partition coefficient (Wildman–Crippen LogP) is 5.38. The van der Waals surface area contributed by atoms with Crippen LogP contribution in [-0.2, 0) is 21.1 Å². The van der Waals surface area contributed by atoms with Gasteiger partial charge in [-0.15, -0.1) is 0 Å². The molecule has 3 rings (SSSR count). The summed E-state index contributed by atoms with van der Waals surface area (Å²) in [5.41, 5.74) is 0.0613. The summed E-state index contributed by atoms with van der Waals surface area (Å²) in [5.74, 6) is -3.87. The Morgan fingerprint density at radius 1 is 0.930 bits per heavy atom. The van der Waals surface area contributed by atoms with E-state index in [1.54, 1.807) is 12.1 Å². The number of hydrogen-bond acceptors (Lipinski definition) is 6. The number of carbonyl (C=O) groups excluding carboxylic acids is 1. The zero-order valence-electron chi connectivity index (χ0n) is 23.2. The summed E-state index contributed by atoms with van der Waals surface area (Å²) < 4.78 is 94.7. The molecule has 0 radical (unpaired) electrons. The molecule has 13 heteroatoms. The van der Waals surface area contributed by atoms with Crippen molar-refractivity contribution in [1.29, 1.82) is 10.5 Å². The van der Waals surface area contributed by atoms with Gasteiger partial charge < -0.3 is 5.32 Å². The van der Waals surface area contributed by atoms with E-state index in [4.69, 9.17) is 5.26 Å². The van der Waals surface area contributed by atoms with Crippen LogP contribution in [0.15, 0.2) is 65.6 Å². The second kappa shape index (κ2) is 13.3. The van der Waals surface area contributed by atoms with Crippen LogP contribution < -0.4 is 10.6 Å². The zero-order chi connectivity index (χ0) is 32.1. The van der Waals surface area contributed by atoms with Gasteiger partial charge in [0, 0.05) is 18.2 Å². The summed E-state index contributed by atoms with van der Waals surface area (Å²) in [6, 6.07) is 10.8. The SMILES string of the molecule is CC(C)[C@H](N[C@@H](c1ccc(-c2ccc(S(C)(=O)=O)cc2)cc1)C(F)(F)F)C(=O)NC(C#N)Cc1c(F)cc(C#N)cc1F. The zero-order valence-corrected chi connectivity index (χ0v) is 24.0. The molecule has 0 aliphatic rings. The number of rotatable bonds is 10. The van der Waals surface area contributed by atoms with Gasteiger partial charge in [0.2, 0.25) is 5.91 Å². The molecule has 1 amide bonds. The first kappa shape index (κ1) is 33.2. The molecule has 0 aliphatic carbocycles.